The van der Waals surface area contributed by atoms with Crippen molar-refractivity contribution in [2.45, 2.75) is 12.3 Å². The largest absolute Gasteiger partial charge is 0.310 e. The number of fused-ring (bicyclic) bond motifs is 7. The van der Waals surface area contributed by atoms with E-state index in [1.807, 2.05) is 0 Å². The summed E-state index contributed by atoms with van der Waals surface area (Å²) in [7, 11) is 0. The molecule has 2 aliphatic rings. The summed E-state index contributed by atoms with van der Waals surface area (Å²) in [6.45, 7) is 0. The fourth-order valence-electron chi connectivity index (χ4n) is 12.1. The molecule has 0 bridgehead atoms. The predicted molar refractivity (Wildman–Crippen MR) is 343 cm³/mol. The molecule has 0 radical (unpaired) electrons. The van der Waals surface area contributed by atoms with E-state index in [4.69, 9.17) is 0 Å². The van der Waals surface area contributed by atoms with Gasteiger partial charge in [-0.15, -0.1) is 0 Å². The van der Waals surface area contributed by atoms with E-state index >= 15 is 0 Å². The number of rotatable bonds is 12. The van der Waals surface area contributed by atoms with Crippen LogP contribution < -0.4 is 9.80 Å². The Kier molecular flexibility index (Phi) is 12.8. The monoisotopic (exact) mass is 1020 g/mol. The lowest BCUT2D eigenvalue weighted by molar-refractivity contribution is 0.956. The maximum atomic E-state index is 2.50. The molecule has 0 saturated carbocycles. The van der Waals surface area contributed by atoms with Crippen molar-refractivity contribution in [3.63, 3.8) is 0 Å². The number of hydrogen-bond acceptors (Lipinski definition) is 2. The SMILES string of the molecule is C1=CC2=C(c3ccc(N(c4ccc(C=Cc5ccccc5)cc4)c4cccc5ccccc45)cc3)Cc3c(cc(-c4ccc(N(c5ccc(C=Cc6ccccc6)cc5)c5cccc6ccccc56)cc4)c4ccccc34)C2C=C1. The highest BCUT2D eigenvalue weighted by Gasteiger charge is 2.30. The van der Waals surface area contributed by atoms with Gasteiger partial charge in [0, 0.05) is 39.4 Å². The Morgan fingerprint density at radius 1 is 0.338 bits per heavy atom. The molecule has 12 aromatic rings. The van der Waals surface area contributed by atoms with Crippen LogP contribution in [0.1, 0.15) is 44.9 Å². The van der Waals surface area contributed by atoms with E-state index in [1.54, 1.807) is 0 Å². The van der Waals surface area contributed by atoms with Crippen molar-refractivity contribution in [3.8, 4) is 11.1 Å². The second-order valence-electron chi connectivity index (χ2n) is 20.8. The molecule has 2 heteroatoms. The van der Waals surface area contributed by atoms with Gasteiger partial charge in [-0.2, -0.15) is 0 Å². The Bertz CT molecular complexity index is 4380. The van der Waals surface area contributed by atoms with Crippen LogP contribution in [0.5, 0.6) is 0 Å². The molecule has 0 fully saturated rings. The average molecular weight is 1020 g/mol. The summed E-state index contributed by atoms with van der Waals surface area (Å²) in [5.74, 6) is 0.120. The number of benzene rings is 12. The van der Waals surface area contributed by atoms with Crippen molar-refractivity contribution >= 4 is 96.3 Å². The van der Waals surface area contributed by atoms with Gasteiger partial charge in [0.1, 0.15) is 0 Å². The molecule has 0 spiro atoms. The highest BCUT2D eigenvalue weighted by atomic mass is 15.1. The first-order chi connectivity index (χ1) is 39.7. The zero-order chi connectivity index (χ0) is 53.2. The van der Waals surface area contributed by atoms with Gasteiger partial charge in [-0.1, -0.05) is 255 Å². The van der Waals surface area contributed by atoms with Gasteiger partial charge in [0.15, 0.2) is 0 Å². The van der Waals surface area contributed by atoms with Gasteiger partial charge < -0.3 is 9.80 Å². The smallest absolute Gasteiger partial charge is 0.0540 e. The third-order valence-corrected chi connectivity index (χ3v) is 16.0. The first kappa shape index (κ1) is 48.1. The number of nitrogens with zero attached hydrogens (tertiary/aromatic N) is 2. The number of hydrogen-bond donors (Lipinski definition) is 0. The van der Waals surface area contributed by atoms with Crippen LogP contribution in [0.4, 0.5) is 34.1 Å². The van der Waals surface area contributed by atoms with Crippen molar-refractivity contribution < 1.29 is 0 Å². The lowest BCUT2D eigenvalue weighted by atomic mass is 9.72. The molecule has 0 amide bonds. The van der Waals surface area contributed by atoms with Gasteiger partial charge in [0.05, 0.1) is 11.4 Å². The van der Waals surface area contributed by atoms with Gasteiger partial charge in [-0.05, 0) is 156 Å². The third-order valence-electron chi connectivity index (χ3n) is 16.0. The summed E-state index contributed by atoms with van der Waals surface area (Å²) < 4.78 is 0. The zero-order valence-corrected chi connectivity index (χ0v) is 44.3. The van der Waals surface area contributed by atoms with E-state index in [0.29, 0.717) is 0 Å². The second-order valence-corrected chi connectivity index (χ2v) is 20.8. The third kappa shape index (κ3) is 9.33. The minimum Gasteiger partial charge on any atom is -0.310 e. The molecule has 0 N–H and O–H groups in total. The molecule has 2 nitrogen and oxygen atoms in total. The quantitative estimate of drug-likeness (QED) is 0.113. The summed E-state index contributed by atoms with van der Waals surface area (Å²) in [4.78, 5) is 4.80. The molecule has 12 aromatic carbocycles. The zero-order valence-electron chi connectivity index (χ0n) is 44.3. The number of allylic oxidation sites excluding steroid dienone is 6. The maximum Gasteiger partial charge on any atom is 0.0540 e. The molecular formula is C78H56N2. The lowest BCUT2D eigenvalue weighted by Gasteiger charge is -2.32. The van der Waals surface area contributed by atoms with Crippen molar-refractivity contribution in [1.29, 1.82) is 0 Å². The molecule has 80 heavy (non-hydrogen) atoms. The molecule has 1 unspecified atom stereocenters. The van der Waals surface area contributed by atoms with Crippen LogP contribution in [0.2, 0.25) is 0 Å². The highest BCUT2D eigenvalue weighted by Crippen LogP contribution is 2.49. The van der Waals surface area contributed by atoms with Crippen LogP contribution in [-0.4, -0.2) is 0 Å². The highest BCUT2D eigenvalue weighted by molar-refractivity contribution is 6.04. The average Bonchev–Trinajstić information content (AvgIpc) is 3.71. The Morgan fingerprint density at radius 2 is 0.750 bits per heavy atom. The fourth-order valence-corrected chi connectivity index (χ4v) is 12.1. The molecule has 0 heterocycles. The van der Waals surface area contributed by atoms with Crippen LogP contribution in [0.15, 0.2) is 303 Å². The minimum atomic E-state index is 0.120. The number of anilines is 6. The predicted octanol–water partition coefficient (Wildman–Crippen LogP) is 21.3. The maximum absolute atomic E-state index is 2.50. The van der Waals surface area contributed by atoms with Crippen molar-refractivity contribution in [1.82, 2.24) is 0 Å². The molecular weight excluding hydrogens is 965 g/mol. The second kappa shape index (κ2) is 21.3. The van der Waals surface area contributed by atoms with Crippen LogP contribution >= 0.6 is 0 Å². The molecule has 378 valence electrons. The van der Waals surface area contributed by atoms with E-state index in [9.17, 15) is 0 Å². The Balaban J connectivity index is 0.807. The summed E-state index contributed by atoms with van der Waals surface area (Å²) >= 11 is 0. The summed E-state index contributed by atoms with van der Waals surface area (Å²) in [5.41, 5.74) is 20.6. The van der Waals surface area contributed by atoms with E-state index < -0.39 is 0 Å². The normalized spacial score (nSPS) is 13.8. The first-order valence-corrected chi connectivity index (χ1v) is 27.7. The van der Waals surface area contributed by atoms with Crippen LogP contribution in [0.25, 0.3) is 73.3 Å². The molecule has 14 rings (SSSR count). The van der Waals surface area contributed by atoms with E-state index in [1.165, 1.54) is 82.4 Å². The van der Waals surface area contributed by atoms with Gasteiger partial charge in [0.25, 0.3) is 0 Å². The van der Waals surface area contributed by atoms with Crippen LogP contribution in [-0.2, 0) is 6.42 Å². The summed E-state index contributed by atoms with van der Waals surface area (Å²) in [6.07, 6.45) is 18.7. The lowest BCUT2D eigenvalue weighted by Crippen LogP contribution is -2.15. The van der Waals surface area contributed by atoms with Crippen LogP contribution in [0.3, 0.4) is 0 Å². The molecule has 2 aliphatic carbocycles. The van der Waals surface area contributed by atoms with Crippen molar-refractivity contribution in [3.05, 3.63) is 342 Å². The Morgan fingerprint density at radius 3 is 1.26 bits per heavy atom. The van der Waals surface area contributed by atoms with Crippen molar-refractivity contribution in [2.24, 2.45) is 0 Å². The van der Waals surface area contributed by atoms with Crippen molar-refractivity contribution in [2.75, 3.05) is 9.80 Å². The van der Waals surface area contributed by atoms with Crippen LogP contribution in [0, 0.1) is 0 Å². The summed E-state index contributed by atoms with van der Waals surface area (Å²) in [6, 6.07) is 99.5. The van der Waals surface area contributed by atoms with E-state index in [-0.39, 0.29) is 5.92 Å². The Labute approximate surface area is 468 Å². The van der Waals surface area contributed by atoms with Gasteiger partial charge in [-0.25, -0.2) is 0 Å². The minimum absolute atomic E-state index is 0.120. The molecule has 0 saturated heterocycles. The molecule has 1 atom stereocenters. The Hall–Kier alpha value is -10.3. The first-order valence-electron chi connectivity index (χ1n) is 27.7. The standard InChI is InChI=1S/C78H56N2/c1-3-17-55(18-4-1)33-35-57-37-45-63(46-38-57)79(77-31-15-23-59-21-7-9-25-67(59)77)65-49-41-61(42-50-65)73-53-75-72-30-14-12-28-70(72)74(54-76(75)71-29-13-11-27-69(71)73)62-43-51-66(52-44-62)80(78-32-16-24-60-22-8-10-26-68(60)78)64-47-39-58(40-48-64)36-34-56-19-5-2-6-20-56/h1-53,72H,54H2. The fraction of sp³-hybridized carbons (Fsp3) is 0.0256. The molecule has 0 aliphatic heterocycles. The van der Waals surface area contributed by atoms with Gasteiger partial charge in [0.2, 0.25) is 0 Å². The van der Waals surface area contributed by atoms with E-state index in [0.717, 1.165) is 51.7 Å². The van der Waals surface area contributed by atoms with E-state index in [2.05, 4.69) is 331 Å². The molecule has 0 aromatic heterocycles. The summed E-state index contributed by atoms with van der Waals surface area (Å²) in [5, 5.41) is 7.42. The van der Waals surface area contributed by atoms with Gasteiger partial charge >= 0.3 is 0 Å². The topological polar surface area (TPSA) is 6.48 Å². The van der Waals surface area contributed by atoms with Gasteiger partial charge in [-0.3, -0.25) is 0 Å².